The molecule has 0 aliphatic carbocycles. The van der Waals surface area contributed by atoms with Crippen molar-refractivity contribution >= 4 is 21.8 Å². The highest BCUT2D eigenvalue weighted by Crippen LogP contribution is 2.53. The monoisotopic (exact) mass is 373 g/mol. The lowest BCUT2D eigenvalue weighted by Gasteiger charge is -2.51. The van der Waals surface area contributed by atoms with Crippen LogP contribution in [0, 0.1) is 0 Å². The zero-order valence-electron chi connectivity index (χ0n) is 17.9. The van der Waals surface area contributed by atoms with Crippen LogP contribution < -0.4 is 4.90 Å². The molecule has 2 aliphatic rings. The highest BCUT2D eigenvalue weighted by molar-refractivity contribution is 6.76. The molecule has 25 heavy (non-hydrogen) atoms. The molecule has 3 heteroatoms. The zero-order valence-corrected chi connectivity index (χ0v) is 19.9. The molecule has 0 radical (unpaired) electrons. The van der Waals surface area contributed by atoms with Crippen LogP contribution in [-0.4, -0.2) is 29.2 Å². The third kappa shape index (κ3) is 3.78. The van der Waals surface area contributed by atoms with Crippen molar-refractivity contribution in [1.82, 2.24) is 0 Å². The van der Waals surface area contributed by atoms with Gasteiger partial charge in [-0.3, -0.25) is 0 Å². The first-order valence-corrected chi connectivity index (χ1v) is 17.6. The van der Waals surface area contributed by atoms with Crippen LogP contribution >= 0.6 is 0 Å². The van der Waals surface area contributed by atoms with Gasteiger partial charge in [-0.05, 0) is 46.9 Å². The van der Waals surface area contributed by atoms with E-state index in [9.17, 15) is 0 Å². The number of para-hydroxylation sites is 1. The van der Waals surface area contributed by atoms with E-state index in [0.29, 0.717) is 10.8 Å². The summed E-state index contributed by atoms with van der Waals surface area (Å²) >= 11 is 0. The summed E-state index contributed by atoms with van der Waals surface area (Å²) in [4.78, 5) is 2.72. The normalized spacial score (nSPS) is 29.5. The van der Waals surface area contributed by atoms with Crippen LogP contribution in [0.2, 0.25) is 51.4 Å². The molecule has 0 N–H and O–H groups in total. The fourth-order valence-electron chi connectivity index (χ4n) is 5.93. The second-order valence-electron chi connectivity index (χ2n) is 11.8. The van der Waals surface area contributed by atoms with Gasteiger partial charge in [0.15, 0.2) is 0 Å². The molecule has 1 aromatic rings. The van der Waals surface area contributed by atoms with Crippen molar-refractivity contribution in [2.75, 3.05) is 18.0 Å². The van der Waals surface area contributed by atoms with Gasteiger partial charge >= 0.3 is 0 Å². The smallest absolute Gasteiger partial charge is 0.0451 e. The Bertz CT molecular complexity index is 603. The first kappa shape index (κ1) is 19.2. The van der Waals surface area contributed by atoms with E-state index in [2.05, 4.69) is 76.2 Å². The molecule has 0 spiro atoms. The lowest BCUT2D eigenvalue weighted by atomic mass is 9.69. The standard InChI is InChI=1S/C22H39NSi2/c1-21(16-24(3,4)5)12-14-23-15-13-22(2,17-25(6,7)8)19-11-9-10-18(21)20(19)23/h9-11H,12-17H2,1-8H3. The molecule has 0 saturated heterocycles. The first-order chi connectivity index (χ1) is 11.3. The Morgan fingerprint density at radius 1 is 0.800 bits per heavy atom. The Morgan fingerprint density at radius 2 is 1.20 bits per heavy atom. The maximum absolute atomic E-state index is 2.72. The third-order valence-electron chi connectivity index (χ3n) is 6.36. The van der Waals surface area contributed by atoms with Gasteiger partial charge in [-0.2, -0.15) is 0 Å². The molecule has 0 bridgehead atoms. The third-order valence-corrected chi connectivity index (χ3v) is 10.0. The number of hydrogen-bond acceptors (Lipinski definition) is 1. The molecule has 1 nitrogen and oxygen atoms in total. The predicted molar refractivity (Wildman–Crippen MR) is 119 cm³/mol. The minimum Gasteiger partial charge on any atom is -0.371 e. The van der Waals surface area contributed by atoms with E-state index in [-0.39, 0.29) is 0 Å². The molecule has 0 fully saturated rings. The summed E-state index contributed by atoms with van der Waals surface area (Å²) in [6.07, 6.45) is 2.66. The second kappa shape index (κ2) is 5.98. The van der Waals surface area contributed by atoms with Crippen molar-refractivity contribution in [1.29, 1.82) is 0 Å². The Balaban J connectivity index is 2.10. The van der Waals surface area contributed by atoms with Gasteiger partial charge in [0.25, 0.3) is 0 Å². The fraction of sp³-hybridized carbons (Fsp3) is 0.727. The molecule has 140 valence electrons. The summed E-state index contributed by atoms with van der Waals surface area (Å²) < 4.78 is 0. The highest BCUT2D eigenvalue weighted by Gasteiger charge is 2.45. The Kier molecular flexibility index (Phi) is 4.60. The van der Waals surface area contributed by atoms with Crippen molar-refractivity contribution < 1.29 is 0 Å². The molecular formula is C22H39NSi2. The van der Waals surface area contributed by atoms with Crippen molar-refractivity contribution in [3.8, 4) is 0 Å². The molecular weight excluding hydrogens is 334 g/mol. The molecule has 0 amide bonds. The van der Waals surface area contributed by atoms with E-state index >= 15 is 0 Å². The lowest BCUT2D eigenvalue weighted by molar-refractivity contribution is 0.397. The molecule has 0 aromatic heterocycles. The van der Waals surface area contributed by atoms with Crippen molar-refractivity contribution in [2.24, 2.45) is 0 Å². The minimum atomic E-state index is -1.10. The van der Waals surface area contributed by atoms with Gasteiger partial charge in [0.05, 0.1) is 0 Å². The highest BCUT2D eigenvalue weighted by atomic mass is 28.3. The first-order valence-electron chi connectivity index (χ1n) is 10.2. The molecule has 2 unspecified atom stereocenters. The molecule has 2 aliphatic heterocycles. The number of benzene rings is 1. The van der Waals surface area contributed by atoms with Gasteiger partial charge in [0.1, 0.15) is 0 Å². The van der Waals surface area contributed by atoms with Gasteiger partial charge in [-0.1, -0.05) is 71.3 Å². The number of nitrogens with zero attached hydrogens (tertiary/aromatic N) is 1. The van der Waals surface area contributed by atoms with Gasteiger partial charge in [-0.15, -0.1) is 0 Å². The molecule has 3 rings (SSSR count). The predicted octanol–water partition coefficient (Wildman–Crippen LogP) is 6.49. The minimum absolute atomic E-state index is 0.379. The van der Waals surface area contributed by atoms with E-state index in [0.717, 1.165) is 0 Å². The average molecular weight is 374 g/mol. The number of hydrogen-bond donors (Lipinski definition) is 0. The van der Waals surface area contributed by atoms with Crippen molar-refractivity contribution in [3.05, 3.63) is 29.3 Å². The Labute approximate surface area is 158 Å². The van der Waals surface area contributed by atoms with Gasteiger partial charge in [0, 0.05) is 34.9 Å². The van der Waals surface area contributed by atoms with Crippen LogP contribution in [0.4, 0.5) is 5.69 Å². The quantitative estimate of drug-likeness (QED) is 0.545. The SMILES string of the molecule is CC1(C[Si](C)(C)C)CCN2CCC(C)(C[Si](C)(C)C)c3cccc1c32. The van der Waals surface area contributed by atoms with Crippen molar-refractivity contribution in [2.45, 2.75) is 88.9 Å². The summed E-state index contributed by atoms with van der Waals surface area (Å²) in [5, 5.41) is 0. The maximum Gasteiger partial charge on any atom is 0.0451 e. The summed E-state index contributed by atoms with van der Waals surface area (Å²) in [7, 11) is -2.21. The van der Waals surface area contributed by atoms with Gasteiger partial charge in [0.2, 0.25) is 0 Å². The summed E-state index contributed by atoms with van der Waals surface area (Å²) in [6, 6.07) is 10.1. The van der Waals surface area contributed by atoms with Crippen LogP contribution in [0.1, 0.15) is 37.8 Å². The van der Waals surface area contributed by atoms with Crippen LogP contribution in [0.15, 0.2) is 18.2 Å². The summed E-state index contributed by atoms with van der Waals surface area (Å²) in [6.45, 7) is 22.9. The van der Waals surface area contributed by atoms with Gasteiger partial charge < -0.3 is 4.90 Å². The van der Waals surface area contributed by atoms with Crippen LogP contribution in [0.3, 0.4) is 0 Å². The maximum atomic E-state index is 2.72. The Hall–Kier alpha value is -0.546. The molecule has 0 saturated carbocycles. The van der Waals surface area contributed by atoms with E-state index < -0.39 is 16.1 Å². The van der Waals surface area contributed by atoms with E-state index in [1.165, 1.54) is 38.0 Å². The van der Waals surface area contributed by atoms with Crippen LogP contribution in [0.25, 0.3) is 0 Å². The fourth-order valence-corrected chi connectivity index (χ4v) is 11.4. The van der Waals surface area contributed by atoms with Crippen LogP contribution in [-0.2, 0) is 10.8 Å². The van der Waals surface area contributed by atoms with Gasteiger partial charge in [-0.25, -0.2) is 0 Å². The summed E-state index contributed by atoms with van der Waals surface area (Å²) in [5.74, 6) is 0. The molecule has 1 aromatic carbocycles. The second-order valence-corrected chi connectivity index (χ2v) is 22.7. The average Bonchev–Trinajstić information content (AvgIpc) is 2.42. The molecule has 2 atom stereocenters. The zero-order chi connectivity index (χ0) is 18.7. The van der Waals surface area contributed by atoms with E-state index in [4.69, 9.17) is 0 Å². The summed E-state index contributed by atoms with van der Waals surface area (Å²) in [5.41, 5.74) is 5.73. The largest absolute Gasteiger partial charge is 0.371 e. The topological polar surface area (TPSA) is 3.24 Å². The van der Waals surface area contributed by atoms with E-state index in [1.807, 2.05) is 0 Å². The van der Waals surface area contributed by atoms with E-state index in [1.54, 1.807) is 16.8 Å². The molecule has 2 heterocycles. The Morgan fingerprint density at radius 3 is 1.56 bits per heavy atom. The number of rotatable bonds is 4. The van der Waals surface area contributed by atoms with Crippen molar-refractivity contribution in [3.63, 3.8) is 0 Å². The lowest BCUT2D eigenvalue weighted by Crippen LogP contribution is -2.49. The number of anilines is 1. The van der Waals surface area contributed by atoms with Crippen LogP contribution in [0.5, 0.6) is 0 Å².